The Morgan fingerprint density at radius 3 is 2.48 bits per heavy atom. The summed E-state index contributed by atoms with van der Waals surface area (Å²) >= 11 is 0. The monoisotopic (exact) mass is 291 g/mol. The first-order chi connectivity index (χ1) is 10.1. The van der Waals surface area contributed by atoms with Crippen LogP contribution in [0.1, 0.15) is 24.3 Å². The van der Waals surface area contributed by atoms with E-state index in [1.54, 1.807) is 6.07 Å². The van der Waals surface area contributed by atoms with Crippen molar-refractivity contribution >= 4 is 11.7 Å². The number of nitrogens with zero attached hydrogens (tertiary/aromatic N) is 1. The van der Waals surface area contributed by atoms with Crippen molar-refractivity contribution in [3.05, 3.63) is 59.9 Å². The number of aromatic nitrogens is 1. The lowest BCUT2D eigenvalue weighted by Crippen LogP contribution is -2.19. The van der Waals surface area contributed by atoms with Gasteiger partial charge in [0, 0.05) is 6.20 Å². The molecule has 1 saturated carbocycles. The summed E-state index contributed by atoms with van der Waals surface area (Å²) in [4.78, 5) is 13.7. The number of nitrogens with one attached hydrogen (secondary N) is 1. The molecule has 0 radical (unpaired) electrons. The van der Waals surface area contributed by atoms with Gasteiger partial charge < -0.3 is 11.1 Å². The van der Waals surface area contributed by atoms with Crippen LogP contribution in [0.15, 0.2) is 42.7 Å². The van der Waals surface area contributed by atoms with Crippen molar-refractivity contribution in [2.45, 2.75) is 18.8 Å². The summed E-state index contributed by atoms with van der Waals surface area (Å²) in [6, 6.07) is 7.58. The van der Waals surface area contributed by atoms with E-state index in [4.69, 9.17) is 5.73 Å². The van der Waals surface area contributed by atoms with Crippen molar-refractivity contribution in [2.75, 3.05) is 5.32 Å². The molecule has 2 aromatic rings. The molecule has 6 heteroatoms. The highest BCUT2D eigenvalue weighted by atomic mass is 19.1. The largest absolute Gasteiger partial charge is 0.351 e. The van der Waals surface area contributed by atoms with Gasteiger partial charge in [0.15, 0.2) is 5.82 Å². The van der Waals surface area contributed by atoms with E-state index in [0.717, 1.165) is 11.8 Å². The number of carbonyl (C=O) groups excluding carboxylic acids is 1. The van der Waals surface area contributed by atoms with Gasteiger partial charge >= 0.3 is 6.03 Å². The highest BCUT2D eigenvalue weighted by Gasteiger charge is 2.25. The second-order valence-electron chi connectivity index (χ2n) is 4.64. The maximum atomic E-state index is 12.9. The normalized spacial score (nSPS) is 13.0. The van der Waals surface area contributed by atoms with Gasteiger partial charge in [-0.3, -0.25) is 4.98 Å². The smallest absolute Gasteiger partial charge is 0.316 e. The highest BCUT2D eigenvalue weighted by Crippen LogP contribution is 2.40. The molecule has 0 spiro atoms. The van der Waals surface area contributed by atoms with Crippen molar-refractivity contribution in [3.63, 3.8) is 0 Å². The predicted octanol–water partition coefficient (Wildman–Crippen LogP) is 3.41. The Hall–Kier alpha value is -2.50. The third kappa shape index (κ3) is 4.52. The van der Waals surface area contributed by atoms with Gasteiger partial charge in [0.05, 0.1) is 11.9 Å². The second kappa shape index (κ2) is 6.78. The first kappa shape index (κ1) is 14.9. The van der Waals surface area contributed by atoms with Crippen molar-refractivity contribution in [3.8, 4) is 0 Å². The van der Waals surface area contributed by atoms with E-state index in [1.165, 1.54) is 31.2 Å². The summed E-state index contributed by atoms with van der Waals surface area (Å²) < 4.78 is 25.5. The summed E-state index contributed by atoms with van der Waals surface area (Å²) in [5, 5.41) is 2.10. The number of benzene rings is 1. The number of hydrogen-bond acceptors (Lipinski definition) is 2. The van der Waals surface area contributed by atoms with Crippen LogP contribution in [-0.2, 0) is 0 Å². The Labute approximate surface area is 121 Å². The Kier molecular flexibility index (Phi) is 4.81. The fraction of sp³-hybridized carbons (Fsp3) is 0.200. The standard InChI is InChI=1S/C9H9F.C6H6FN3O/c10-9-4-2-1-3-8(9)7-5-6-7;7-4-3-9-2-1-5(4)10-6(8)11/h1-4,7H,5-6H2;1-3H,(H3,8,9,10,11). The topological polar surface area (TPSA) is 68.0 Å². The van der Waals surface area contributed by atoms with Crippen LogP contribution in [-0.4, -0.2) is 11.0 Å². The van der Waals surface area contributed by atoms with Crippen LogP contribution in [0.5, 0.6) is 0 Å². The summed E-state index contributed by atoms with van der Waals surface area (Å²) in [6.07, 6.45) is 4.68. The molecule has 0 unspecified atom stereocenters. The number of primary amides is 1. The van der Waals surface area contributed by atoms with Crippen molar-refractivity contribution in [2.24, 2.45) is 5.73 Å². The lowest BCUT2D eigenvalue weighted by Gasteiger charge is -2.00. The zero-order chi connectivity index (χ0) is 15.2. The molecule has 0 aliphatic heterocycles. The Bertz CT molecular complexity index is 630. The number of carbonyl (C=O) groups is 1. The molecule has 1 aliphatic carbocycles. The van der Waals surface area contributed by atoms with Crippen LogP contribution >= 0.6 is 0 Å². The molecule has 21 heavy (non-hydrogen) atoms. The van der Waals surface area contributed by atoms with Gasteiger partial charge in [0.2, 0.25) is 0 Å². The van der Waals surface area contributed by atoms with Crippen molar-refractivity contribution in [1.82, 2.24) is 4.98 Å². The third-order valence-electron chi connectivity index (χ3n) is 2.95. The first-order valence-electron chi connectivity index (χ1n) is 6.48. The second-order valence-corrected chi connectivity index (χ2v) is 4.64. The average Bonchev–Trinajstić information content (AvgIpc) is 3.27. The number of hydrogen-bond donors (Lipinski definition) is 2. The molecule has 1 fully saturated rings. The maximum Gasteiger partial charge on any atom is 0.316 e. The number of pyridine rings is 1. The minimum atomic E-state index is -0.796. The molecule has 0 bridgehead atoms. The van der Waals surface area contributed by atoms with Crippen molar-refractivity contribution < 1.29 is 13.6 Å². The molecule has 1 aliphatic rings. The maximum absolute atomic E-state index is 12.9. The van der Waals surface area contributed by atoms with E-state index < -0.39 is 11.8 Å². The molecule has 0 atom stereocenters. The van der Waals surface area contributed by atoms with E-state index >= 15 is 0 Å². The van der Waals surface area contributed by atoms with Gasteiger partial charge in [-0.15, -0.1) is 0 Å². The molecule has 3 N–H and O–H groups in total. The molecular formula is C15H15F2N3O. The molecule has 110 valence electrons. The van der Waals surface area contributed by atoms with E-state index in [-0.39, 0.29) is 11.5 Å². The quantitative estimate of drug-likeness (QED) is 0.890. The molecule has 3 rings (SSSR count). The van der Waals surface area contributed by atoms with Crippen molar-refractivity contribution in [1.29, 1.82) is 0 Å². The van der Waals surface area contributed by atoms with Gasteiger partial charge in [-0.1, -0.05) is 18.2 Å². The van der Waals surface area contributed by atoms with Crippen LogP contribution in [0.2, 0.25) is 0 Å². The zero-order valence-corrected chi connectivity index (χ0v) is 11.2. The van der Waals surface area contributed by atoms with Gasteiger partial charge in [0.1, 0.15) is 5.82 Å². The molecule has 1 heterocycles. The van der Waals surface area contributed by atoms with Gasteiger partial charge in [-0.25, -0.2) is 13.6 Å². The fourth-order valence-corrected chi connectivity index (χ4v) is 1.81. The Morgan fingerprint density at radius 1 is 1.19 bits per heavy atom. The first-order valence-corrected chi connectivity index (χ1v) is 6.48. The van der Waals surface area contributed by atoms with Gasteiger partial charge in [-0.2, -0.15) is 0 Å². The van der Waals surface area contributed by atoms with E-state index in [1.807, 2.05) is 12.1 Å². The van der Waals surface area contributed by atoms with Gasteiger partial charge in [-0.05, 0) is 36.5 Å². The van der Waals surface area contributed by atoms with Crippen LogP contribution in [0.4, 0.5) is 19.3 Å². The van der Waals surface area contributed by atoms with Crippen LogP contribution in [0.3, 0.4) is 0 Å². The molecule has 4 nitrogen and oxygen atoms in total. The number of amides is 2. The lowest BCUT2D eigenvalue weighted by molar-refractivity contribution is 0.259. The Balaban J connectivity index is 0.000000154. The van der Waals surface area contributed by atoms with E-state index in [2.05, 4.69) is 10.3 Å². The van der Waals surface area contributed by atoms with Gasteiger partial charge in [0.25, 0.3) is 0 Å². The fourth-order valence-electron chi connectivity index (χ4n) is 1.81. The van der Waals surface area contributed by atoms with Crippen LogP contribution in [0.25, 0.3) is 0 Å². The van der Waals surface area contributed by atoms with Crippen LogP contribution in [0, 0.1) is 11.6 Å². The summed E-state index contributed by atoms with van der Waals surface area (Å²) in [7, 11) is 0. The minimum absolute atomic E-state index is 0.0347. The predicted molar refractivity (Wildman–Crippen MR) is 75.8 cm³/mol. The molecule has 0 saturated heterocycles. The summed E-state index contributed by atoms with van der Waals surface area (Å²) in [5.74, 6) is -0.113. The average molecular weight is 291 g/mol. The zero-order valence-electron chi connectivity index (χ0n) is 11.2. The van der Waals surface area contributed by atoms with E-state index in [0.29, 0.717) is 5.92 Å². The lowest BCUT2D eigenvalue weighted by atomic mass is 10.1. The Morgan fingerprint density at radius 2 is 1.90 bits per heavy atom. The number of nitrogens with two attached hydrogens (primary N) is 1. The molecule has 2 amide bonds. The number of rotatable bonds is 2. The molecular weight excluding hydrogens is 276 g/mol. The third-order valence-corrected chi connectivity index (χ3v) is 2.95. The minimum Gasteiger partial charge on any atom is -0.351 e. The summed E-state index contributed by atoms with van der Waals surface area (Å²) in [5.41, 5.74) is 5.70. The van der Waals surface area contributed by atoms with E-state index in [9.17, 15) is 13.6 Å². The number of anilines is 1. The summed E-state index contributed by atoms with van der Waals surface area (Å²) in [6.45, 7) is 0. The highest BCUT2D eigenvalue weighted by molar-refractivity contribution is 5.87. The van der Waals surface area contributed by atoms with Crippen LogP contribution < -0.4 is 11.1 Å². The number of urea groups is 1. The molecule has 1 aromatic heterocycles. The molecule has 1 aromatic carbocycles. The SMILES string of the molecule is Fc1ccccc1C1CC1.NC(=O)Nc1ccncc1F. The number of halogens is 2.